The number of anilines is 1. The number of hydrogen-bond acceptors (Lipinski definition) is 4. The zero-order chi connectivity index (χ0) is 25.1. The molecule has 1 atom stereocenters. The molecule has 5 rings (SSSR count). The Balaban J connectivity index is 1.35. The van der Waals surface area contributed by atoms with Crippen LogP contribution in [0.15, 0.2) is 85.3 Å². The number of nitrogens with one attached hydrogen (secondary N) is 1. The number of aromatic nitrogens is 3. The largest absolute Gasteiger partial charge is 0.338 e. The summed E-state index contributed by atoms with van der Waals surface area (Å²) in [6, 6.07) is 20.3. The molecule has 36 heavy (non-hydrogen) atoms. The number of amides is 2. The zero-order valence-electron chi connectivity index (χ0n) is 20.0. The Labute approximate surface area is 209 Å². The SMILES string of the molecule is CC(=O)c1ccc(NC(=O)[C@@H]2CCCN(C(=O)c3cnn(-c4ccccc4)c3-n3cccc3)C2)cc1. The number of Topliss-reactive ketones (excluding diaryl/α,β-unsaturated/α-hetero) is 1. The molecule has 8 heteroatoms. The predicted octanol–water partition coefficient (Wildman–Crippen LogP) is 4.36. The summed E-state index contributed by atoms with van der Waals surface area (Å²) in [5.41, 5.74) is 2.56. The van der Waals surface area contributed by atoms with E-state index in [1.807, 2.05) is 59.4 Å². The normalized spacial score (nSPS) is 15.5. The molecule has 2 aromatic heterocycles. The maximum absolute atomic E-state index is 13.7. The van der Waals surface area contributed by atoms with Gasteiger partial charge in [0.25, 0.3) is 5.91 Å². The molecule has 8 nitrogen and oxygen atoms in total. The summed E-state index contributed by atoms with van der Waals surface area (Å²) < 4.78 is 3.64. The average molecular weight is 482 g/mol. The predicted molar refractivity (Wildman–Crippen MR) is 137 cm³/mol. The van der Waals surface area contributed by atoms with Crippen molar-refractivity contribution >= 4 is 23.3 Å². The Morgan fingerprint density at radius 3 is 2.36 bits per heavy atom. The van der Waals surface area contributed by atoms with Gasteiger partial charge in [-0.1, -0.05) is 18.2 Å². The summed E-state index contributed by atoms with van der Waals surface area (Å²) in [7, 11) is 0. The minimum absolute atomic E-state index is 0.0239. The molecule has 0 saturated carbocycles. The summed E-state index contributed by atoms with van der Waals surface area (Å²) in [6.45, 7) is 2.42. The smallest absolute Gasteiger partial charge is 0.259 e. The van der Waals surface area contributed by atoms with E-state index >= 15 is 0 Å². The van der Waals surface area contributed by atoms with Gasteiger partial charge in [0.2, 0.25) is 5.91 Å². The number of carbonyl (C=O) groups is 3. The fraction of sp³-hybridized carbons (Fsp3) is 0.214. The first kappa shape index (κ1) is 23.3. The lowest BCUT2D eigenvalue weighted by atomic mass is 9.96. The van der Waals surface area contributed by atoms with Crippen LogP contribution in [-0.2, 0) is 4.79 Å². The molecule has 2 aromatic carbocycles. The van der Waals surface area contributed by atoms with Gasteiger partial charge in [0, 0.05) is 36.7 Å². The molecule has 0 unspecified atom stereocenters. The van der Waals surface area contributed by atoms with E-state index in [0.29, 0.717) is 42.1 Å². The molecule has 3 heterocycles. The molecule has 0 spiro atoms. The topological polar surface area (TPSA) is 89.2 Å². The van der Waals surface area contributed by atoms with Crippen molar-refractivity contribution in [1.82, 2.24) is 19.2 Å². The van der Waals surface area contributed by atoms with Crippen LogP contribution in [-0.4, -0.2) is 49.9 Å². The van der Waals surface area contributed by atoms with E-state index in [1.54, 1.807) is 40.0 Å². The zero-order valence-corrected chi connectivity index (χ0v) is 20.0. The molecule has 2 amide bonds. The summed E-state index contributed by atoms with van der Waals surface area (Å²) >= 11 is 0. The van der Waals surface area contributed by atoms with Crippen molar-refractivity contribution in [3.05, 3.63) is 96.4 Å². The summed E-state index contributed by atoms with van der Waals surface area (Å²) in [5.74, 6) is 0.0322. The van der Waals surface area contributed by atoms with Gasteiger partial charge < -0.3 is 14.8 Å². The average Bonchev–Trinajstić information content (AvgIpc) is 3.59. The summed E-state index contributed by atoms with van der Waals surface area (Å²) in [4.78, 5) is 39.9. The molecule has 1 fully saturated rings. The molecular formula is C28H27N5O3. The van der Waals surface area contributed by atoms with Crippen LogP contribution in [0.1, 0.15) is 40.5 Å². The van der Waals surface area contributed by atoms with Gasteiger partial charge in [-0.2, -0.15) is 5.10 Å². The van der Waals surface area contributed by atoms with Crippen molar-refractivity contribution in [1.29, 1.82) is 0 Å². The maximum atomic E-state index is 13.7. The van der Waals surface area contributed by atoms with Crippen LogP contribution in [0.25, 0.3) is 11.5 Å². The van der Waals surface area contributed by atoms with E-state index in [4.69, 9.17) is 0 Å². The number of hydrogen-bond donors (Lipinski definition) is 1. The van der Waals surface area contributed by atoms with Crippen LogP contribution in [0, 0.1) is 5.92 Å². The number of ketones is 1. The van der Waals surface area contributed by atoms with Crippen molar-refractivity contribution in [3.8, 4) is 11.5 Å². The van der Waals surface area contributed by atoms with Crippen LogP contribution in [0.5, 0.6) is 0 Å². The third-order valence-corrected chi connectivity index (χ3v) is 6.46. The van der Waals surface area contributed by atoms with E-state index in [-0.39, 0.29) is 23.5 Å². The van der Waals surface area contributed by atoms with E-state index < -0.39 is 0 Å². The number of nitrogens with zero attached hydrogens (tertiary/aromatic N) is 4. The van der Waals surface area contributed by atoms with E-state index in [9.17, 15) is 14.4 Å². The highest BCUT2D eigenvalue weighted by Gasteiger charge is 2.31. The van der Waals surface area contributed by atoms with Gasteiger partial charge in [-0.05, 0) is 68.3 Å². The minimum atomic E-state index is -0.325. The second-order valence-corrected chi connectivity index (χ2v) is 8.93. The molecule has 4 aromatic rings. The van der Waals surface area contributed by atoms with Crippen LogP contribution in [0.4, 0.5) is 5.69 Å². The Hall–Kier alpha value is -4.46. The monoisotopic (exact) mass is 481 g/mol. The van der Waals surface area contributed by atoms with Gasteiger partial charge in [0.15, 0.2) is 11.6 Å². The van der Waals surface area contributed by atoms with Crippen LogP contribution in [0.2, 0.25) is 0 Å². The molecule has 0 radical (unpaired) electrons. The lowest BCUT2D eigenvalue weighted by Gasteiger charge is -2.32. The Morgan fingerprint density at radius 1 is 0.944 bits per heavy atom. The summed E-state index contributed by atoms with van der Waals surface area (Å²) in [5, 5.41) is 7.46. The van der Waals surface area contributed by atoms with Gasteiger partial charge in [0.1, 0.15) is 5.56 Å². The first-order chi connectivity index (χ1) is 17.5. The quantitative estimate of drug-likeness (QED) is 0.415. The standard InChI is InChI=1S/C28H27N5O3/c1-20(34)21-11-13-23(14-12-21)30-26(35)22-8-7-17-32(19-22)28(36)25-18-29-33(24-9-3-2-4-10-24)27(25)31-15-5-6-16-31/h2-6,9-16,18,22H,7-8,17,19H2,1H3,(H,30,35)/t22-/m1/s1. The third-order valence-electron chi connectivity index (χ3n) is 6.46. The summed E-state index contributed by atoms with van der Waals surface area (Å²) in [6.07, 6.45) is 6.81. The van der Waals surface area contributed by atoms with Gasteiger partial charge in [-0.25, -0.2) is 4.68 Å². The first-order valence-corrected chi connectivity index (χ1v) is 12.0. The van der Waals surface area contributed by atoms with Crippen molar-refractivity contribution in [3.63, 3.8) is 0 Å². The van der Waals surface area contributed by atoms with E-state index in [1.165, 1.54) is 6.92 Å². The molecule has 182 valence electrons. The molecular weight excluding hydrogens is 454 g/mol. The van der Waals surface area contributed by atoms with Crippen LogP contribution in [0.3, 0.4) is 0 Å². The van der Waals surface area contributed by atoms with Gasteiger partial charge in [-0.15, -0.1) is 0 Å². The highest BCUT2D eigenvalue weighted by molar-refractivity contribution is 5.99. The fourth-order valence-corrected chi connectivity index (χ4v) is 4.55. The highest BCUT2D eigenvalue weighted by Crippen LogP contribution is 2.25. The number of para-hydroxylation sites is 1. The lowest BCUT2D eigenvalue weighted by Crippen LogP contribution is -2.44. The van der Waals surface area contributed by atoms with E-state index in [2.05, 4.69) is 10.4 Å². The molecule has 0 aliphatic carbocycles. The fourth-order valence-electron chi connectivity index (χ4n) is 4.55. The van der Waals surface area contributed by atoms with Crippen molar-refractivity contribution < 1.29 is 14.4 Å². The number of rotatable bonds is 6. The second-order valence-electron chi connectivity index (χ2n) is 8.93. The Morgan fingerprint density at radius 2 is 1.67 bits per heavy atom. The molecule has 1 saturated heterocycles. The van der Waals surface area contributed by atoms with Gasteiger partial charge in [0.05, 0.1) is 17.8 Å². The van der Waals surface area contributed by atoms with E-state index in [0.717, 1.165) is 12.1 Å². The Kier molecular flexibility index (Phi) is 6.49. The lowest BCUT2D eigenvalue weighted by molar-refractivity contribution is -0.121. The first-order valence-electron chi connectivity index (χ1n) is 12.0. The van der Waals surface area contributed by atoms with Crippen molar-refractivity contribution in [2.75, 3.05) is 18.4 Å². The number of carbonyl (C=O) groups excluding carboxylic acids is 3. The number of benzene rings is 2. The minimum Gasteiger partial charge on any atom is -0.338 e. The highest BCUT2D eigenvalue weighted by atomic mass is 16.2. The third kappa shape index (κ3) is 4.70. The van der Waals surface area contributed by atoms with Gasteiger partial charge in [-0.3, -0.25) is 14.4 Å². The van der Waals surface area contributed by atoms with Crippen LogP contribution < -0.4 is 5.32 Å². The second kappa shape index (κ2) is 10.0. The Bertz CT molecular complexity index is 1370. The van der Waals surface area contributed by atoms with Crippen molar-refractivity contribution in [2.24, 2.45) is 5.92 Å². The molecule has 1 N–H and O–H groups in total. The molecule has 0 bridgehead atoms. The maximum Gasteiger partial charge on any atom is 0.259 e. The molecule has 1 aliphatic rings. The van der Waals surface area contributed by atoms with Gasteiger partial charge >= 0.3 is 0 Å². The number of likely N-dealkylation sites (tertiary alicyclic amines) is 1. The molecule has 1 aliphatic heterocycles. The van der Waals surface area contributed by atoms with Crippen LogP contribution >= 0.6 is 0 Å². The van der Waals surface area contributed by atoms with Crippen molar-refractivity contribution in [2.45, 2.75) is 19.8 Å². The number of piperidine rings is 1.